The van der Waals surface area contributed by atoms with E-state index in [4.69, 9.17) is 4.74 Å². The van der Waals surface area contributed by atoms with E-state index in [0.29, 0.717) is 13.2 Å². The van der Waals surface area contributed by atoms with Crippen LogP contribution in [0.15, 0.2) is 28.6 Å². The number of hydrogen-bond donors (Lipinski definition) is 2. The highest BCUT2D eigenvalue weighted by molar-refractivity contribution is 7.89. The molecule has 9 heteroatoms. The monoisotopic (exact) mass is 391 g/mol. The van der Waals surface area contributed by atoms with E-state index in [9.17, 15) is 8.42 Å². The normalized spacial score (nSPS) is 17.5. The van der Waals surface area contributed by atoms with Gasteiger partial charge < -0.3 is 10.1 Å². The van der Waals surface area contributed by atoms with Crippen LogP contribution in [-0.2, 0) is 14.8 Å². The molecule has 1 aromatic heterocycles. The van der Waals surface area contributed by atoms with E-state index in [-0.39, 0.29) is 22.7 Å². The largest absolute Gasteiger partial charge is 0.384 e. The van der Waals surface area contributed by atoms with Crippen molar-refractivity contribution < 1.29 is 13.2 Å². The first-order valence-electron chi connectivity index (χ1n) is 7.57. The minimum Gasteiger partial charge on any atom is -0.384 e. The van der Waals surface area contributed by atoms with E-state index in [1.165, 1.54) is 11.3 Å². The lowest BCUT2D eigenvalue weighted by atomic mass is 9.80. The van der Waals surface area contributed by atoms with E-state index in [1.54, 1.807) is 30.8 Å². The summed E-state index contributed by atoms with van der Waals surface area (Å²) in [5.41, 5.74) is 2.40. The van der Waals surface area contributed by atoms with Gasteiger partial charge in [0.15, 0.2) is 0 Å². The Morgan fingerprint density at radius 2 is 2.12 bits per heavy atom. The Morgan fingerprint density at radius 1 is 1.38 bits per heavy atom. The van der Waals surface area contributed by atoms with Gasteiger partial charge in [0.25, 0.3) is 0 Å². The number of ether oxygens (including phenoxy) is 1. The number of hydrogen-bond acceptors (Lipinski definition) is 6. The summed E-state index contributed by atoms with van der Waals surface area (Å²) in [5, 5.41) is 3.31. The van der Waals surface area contributed by atoms with Crippen LogP contribution in [0.5, 0.6) is 0 Å². The molecule has 1 fully saturated rings. The van der Waals surface area contributed by atoms with Crippen molar-refractivity contribution in [3.8, 4) is 0 Å². The van der Waals surface area contributed by atoms with Crippen molar-refractivity contribution in [1.82, 2.24) is 15.0 Å². The maximum Gasteiger partial charge on any atom is 0.240 e. The summed E-state index contributed by atoms with van der Waals surface area (Å²) in [7, 11) is -1.87. The molecule has 6 nitrogen and oxygen atoms in total. The topological polar surface area (TPSA) is 80.3 Å². The molecule has 2 N–H and O–H groups in total. The van der Waals surface area contributed by atoms with E-state index in [1.807, 2.05) is 0 Å². The summed E-state index contributed by atoms with van der Waals surface area (Å²) in [6.07, 6.45) is 1.80. The third-order valence-corrected chi connectivity index (χ3v) is 6.56. The highest BCUT2D eigenvalue weighted by Crippen LogP contribution is 2.29. The number of thiazole rings is 1. The summed E-state index contributed by atoms with van der Waals surface area (Å²) in [6.45, 7) is 2.73. The second-order valence-corrected chi connectivity index (χ2v) is 8.64. The van der Waals surface area contributed by atoms with Crippen LogP contribution in [0.2, 0.25) is 0 Å². The van der Waals surface area contributed by atoms with Crippen LogP contribution in [0.1, 0.15) is 12.8 Å². The molecule has 1 aliphatic heterocycles. The molecule has 0 radical (unpaired) electrons. The van der Waals surface area contributed by atoms with Gasteiger partial charge in [-0.15, -0.1) is 23.7 Å². The number of nitrogens with one attached hydrogen (secondary N) is 2. The van der Waals surface area contributed by atoms with Crippen molar-refractivity contribution in [2.45, 2.75) is 17.7 Å². The van der Waals surface area contributed by atoms with Crippen LogP contribution in [0.3, 0.4) is 0 Å². The van der Waals surface area contributed by atoms with Crippen molar-refractivity contribution in [3.05, 3.63) is 23.7 Å². The van der Waals surface area contributed by atoms with Crippen molar-refractivity contribution in [3.63, 3.8) is 0 Å². The van der Waals surface area contributed by atoms with Crippen LogP contribution in [0.25, 0.3) is 10.2 Å². The summed E-state index contributed by atoms with van der Waals surface area (Å²) in [6, 6.07) is 5.03. The first-order chi connectivity index (χ1) is 11.0. The second kappa shape index (κ2) is 8.07. The zero-order chi connectivity index (χ0) is 16.3. The van der Waals surface area contributed by atoms with Gasteiger partial charge in [0.1, 0.15) is 0 Å². The van der Waals surface area contributed by atoms with Crippen LogP contribution < -0.4 is 10.0 Å². The average Bonchev–Trinajstić information content (AvgIpc) is 3.02. The fourth-order valence-electron chi connectivity index (χ4n) is 2.97. The Kier molecular flexibility index (Phi) is 6.58. The number of aromatic nitrogens is 1. The first-order valence-corrected chi connectivity index (χ1v) is 9.94. The van der Waals surface area contributed by atoms with Gasteiger partial charge in [-0.25, -0.2) is 18.1 Å². The summed E-state index contributed by atoms with van der Waals surface area (Å²) in [4.78, 5) is 4.46. The molecule has 24 heavy (non-hydrogen) atoms. The fraction of sp³-hybridized carbons (Fsp3) is 0.533. The molecule has 1 aromatic carbocycles. The minimum atomic E-state index is -3.53. The maximum atomic E-state index is 12.6. The molecule has 0 bridgehead atoms. The molecule has 0 saturated carbocycles. The SMILES string of the molecule is COCC1(CNS(=O)(=O)c2ccc3ncsc3c2)CCNCC1.Cl. The van der Waals surface area contributed by atoms with E-state index >= 15 is 0 Å². The molecule has 0 atom stereocenters. The predicted octanol–water partition coefficient (Wildman–Crippen LogP) is 2.01. The molecule has 134 valence electrons. The Hall–Kier alpha value is -0.770. The van der Waals surface area contributed by atoms with Crippen LogP contribution in [0.4, 0.5) is 0 Å². The van der Waals surface area contributed by atoms with Gasteiger partial charge in [-0.05, 0) is 44.1 Å². The molecule has 0 aliphatic carbocycles. The highest BCUT2D eigenvalue weighted by atomic mass is 35.5. The van der Waals surface area contributed by atoms with Crippen LogP contribution in [-0.4, -0.2) is 46.8 Å². The molecule has 0 amide bonds. The third kappa shape index (κ3) is 4.25. The number of fused-ring (bicyclic) bond motifs is 1. The average molecular weight is 392 g/mol. The van der Waals surface area contributed by atoms with E-state index < -0.39 is 10.0 Å². The lowest BCUT2D eigenvalue weighted by Gasteiger charge is -2.37. The van der Waals surface area contributed by atoms with Gasteiger partial charge in [0.2, 0.25) is 10.0 Å². The van der Waals surface area contributed by atoms with Crippen molar-refractivity contribution in [1.29, 1.82) is 0 Å². The van der Waals surface area contributed by atoms with Gasteiger partial charge >= 0.3 is 0 Å². The van der Waals surface area contributed by atoms with Crippen molar-refractivity contribution >= 4 is 44.0 Å². The number of halogens is 1. The Bertz CT molecular complexity index is 768. The van der Waals surface area contributed by atoms with Gasteiger partial charge in [-0.2, -0.15) is 0 Å². The molecule has 2 heterocycles. The fourth-order valence-corrected chi connectivity index (χ4v) is 4.94. The summed E-state index contributed by atoms with van der Waals surface area (Å²) >= 11 is 1.44. The van der Waals surface area contributed by atoms with Crippen molar-refractivity contribution in [2.75, 3.05) is 33.4 Å². The Labute approximate surface area is 152 Å². The van der Waals surface area contributed by atoms with Gasteiger partial charge in [-0.3, -0.25) is 0 Å². The highest BCUT2D eigenvalue weighted by Gasteiger charge is 2.33. The number of piperidine rings is 1. The molecule has 1 aliphatic rings. The lowest BCUT2D eigenvalue weighted by Crippen LogP contribution is -2.47. The Balaban J connectivity index is 0.00000208. The molecular formula is C15H22ClN3O3S2. The van der Waals surface area contributed by atoms with Gasteiger partial charge in [0.05, 0.1) is 27.2 Å². The zero-order valence-electron chi connectivity index (χ0n) is 13.4. The second-order valence-electron chi connectivity index (χ2n) is 5.99. The van der Waals surface area contributed by atoms with E-state index in [2.05, 4.69) is 15.0 Å². The number of sulfonamides is 1. The number of methoxy groups -OCH3 is 1. The third-order valence-electron chi connectivity index (χ3n) is 4.36. The summed E-state index contributed by atoms with van der Waals surface area (Å²) in [5.74, 6) is 0. The number of nitrogens with zero attached hydrogens (tertiary/aromatic N) is 1. The number of benzene rings is 1. The summed E-state index contributed by atoms with van der Waals surface area (Å²) < 4.78 is 34.2. The minimum absolute atomic E-state index is 0. The quantitative estimate of drug-likeness (QED) is 0.787. The lowest BCUT2D eigenvalue weighted by molar-refractivity contribution is 0.0577. The number of rotatable bonds is 6. The smallest absolute Gasteiger partial charge is 0.240 e. The predicted molar refractivity (Wildman–Crippen MR) is 98.5 cm³/mol. The standard InChI is InChI=1S/C15H21N3O3S2.ClH/c1-21-10-15(4-6-16-7-5-15)9-18-23(19,20)12-2-3-13-14(8-12)22-11-17-13;/h2-3,8,11,16,18H,4-7,9-10H2,1H3;1H. The molecule has 3 rings (SSSR count). The molecule has 0 unspecified atom stereocenters. The van der Waals surface area contributed by atoms with Gasteiger partial charge in [0, 0.05) is 19.1 Å². The van der Waals surface area contributed by atoms with E-state index in [0.717, 1.165) is 36.1 Å². The van der Waals surface area contributed by atoms with Crippen LogP contribution >= 0.6 is 23.7 Å². The van der Waals surface area contributed by atoms with Gasteiger partial charge in [-0.1, -0.05) is 0 Å². The van der Waals surface area contributed by atoms with Crippen molar-refractivity contribution in [2.24, 2.45) is 5.41 Å². The van der Waals surface area contributed by atoms with Crippen LogP contribution in [0, 0.1) is 5.41 Å². The Morgan fingerprint density at radius 3 is 2.83 bits per heavy atom. The zero-order valence-corrected chi connectivity index (χ0v) is 15.9. The first kappa shape index (κ1) is 19.6. The maximum absolute atomic E-state index is 12.6. The molecule has 1 saturated heterocycles. The molecule has 2 aromatic rings. The molecule has 0 spiro atoms. The molecular weight excluding hydrogens is 370 g/mol.